The van der Waals surface area contributed by atoms with E-state index < -0.39 is 5.97 Å². The summed E-state index contributed by atoms with van der Waals surface area (Å²) >= 11 is 0. The summed E-state index contributed by atoms with van der Waals surface area (Å²) in [5.41, 5.74) is 5.07. The average molecular weight is 241 g/mol. The Hall–Kier alpha value is -1.77. The Bertz CT molecular complexity index is 669. The summed E-state index contributed by atoms with van der Waals surface area (Å²) in [6.45, 7) is 0.953. The van der Waals surface area contributed by atoms with E-state index in [0.29, 0.717) is 0 Å². The standard InChI is InChI=1S/C15H15NO2/c17-15(18)12-6-2-5-11-10-4-1-3-9-7-8-16(13(9)10)14(11)12/h1,3-4,12H,2,5-8H2,(H,17,18). The molecule has 1 N–H and O–H groups in total. The number of hydrogen-bond acceptors (Lipinski definition) is 1. The molecule has 0 fully saturated rings. The largest absolute Gasteiger partial charge is 0.481 e. The molecule has 1 aromatic carbocycles. The summed E-state index contributed by atoms with van der Waals surface area (Å²) in [7, 11) is 0. The van der Waals surface area contributed by atoms with E-state index in [-0.39, 0.29) is 5.92 Å². The van der Waals surface area contributed by atoms with Crippen LogP contribution in [-0.2, 0) is 24.2 Å². The van der Waals surface area contributed by atoms with Crippen LogP contribution in [0.15, 0.2) is 18.2 Å². The smallest absolute Gasteiger partial charge is 0.312 e. The third kappa shape index (κ3) is 1.12. The van der Waals surface area contributed by atoms with Crippen molar-refractivity contribution >= 4 is 16.9 Å². The van der Waals surface area contributed by atoms with Crippen LogP contribution in [0, 0.1) is 0 Å². The van der Waals surface area contributed by atoms with Crippen molar-refractivity contribution < 1.29 is 9.90 Å². The molecule has 3 heteroatoms. The molecule has 1 atom stereocenters. The molecule has 92 valence electrons. The SMILES string of the molecule is O=C(O)C1CCCc2c1n1c3c(cccc23)CC1. The molecular formula is C15H15NO2. The summed E-state index contributed by atoms with van der Waals surface area (Å²) < 4.78 is 2.28. The molecule has 1 aliphatic carbocycles. The maximum absolute atomic E-state index is 11.5. The topological polar surface area (TPSA) is 42.2 Å². The van der Waals surface area contributed by atoms with E-state index in [1.54, 1.807) is 0 Å². The van der Waals surface area contributed by atoms with Gasteiger partial charge in [-0.05, 0) is 36.8 Å². The first-order valence-electron chi connectivity index (χ1n) is 6.63. The number of carboxylic acids is 1. The maximum Gasteiger partial charge on any atom is 0.312 e. The van der Waals surface area contributed by atoms with Gasteiger partial charge in [0.25, 0.3) is 0 Å². The van der Waals surface area contributed by atoms with Crippen molar-refractivity contribution in [3.8, 4) is 0 Å². The Morgan fingerprint density at radius 1 is 1.33 bits per heavy atom. The second kappa shape index (κ2) is 3.37. The Labute approximate surface area is 105 Å². The van der Waals surface area contributed by atoms with E-state index >= 15 is 0 Å². The number of para-hydroxylation sites is 1. The molecule has 0 amide bonds. The van der Waals surface area contributed by atoms with Crippen molar-refractivity contribution in [2.24, 2.45) is 0 Å². The molecule has 1 aliphatic heterocycles. The second-order valence-electron chi connectivity index (χ2n) is 5.36. The normalized spacial score (nSPS) is 21.2. The number of aryl methyl sites for hydroxylation is 3. The number of fused-ring (bicyclic) bond motifs is 3. The van der Waals surface area contributed by atoms with Crippen molar-refractivity contribution in [3.63, 3.8) is 0 Å². The lowest BCUT2D eigenvalue weighted by molar-refractivity contribution is -0.139. The number of aliphatic carboxylic acids is 1. The molecular weight excluding hydrogens is 226 g/mol. The number of carboxylic acid groups (broad SMARTS) is 1. The fourth-order valence-electron chi connectivity index (χ4n) is 3.76. The van der Waals surface area contributed by atoms with Crippen molar-refractivity contribution in [2.45, 2.75) is 38.1 Å². The summed E-state index contributed by atoms with van der Waals surface area (Å²) in [5, 5.41) is 10.7. The first kappa shape index (κ1) is 10.2. The van der Waals surface area contributed by atoms with Crippen LogP contribution < -0.4 is 0 Å². The quantitative estimate of drug-likeness (QED) is 0.834. The van der Waals surface area contributed by atoms with Crippen LogP contribution in [0.25, 0.3) is 10.9 Å². The van der Waals surface area contributed by atoms with Gasteiger partial charge in [-0.3, -0.25) is 4.79 Å². The van der Waals surface area contributed by atoms with Crippen LogP contribution >= 0.6 is 0 Å². The number of benzene rings is 1. The van der Waals surface area contributed by atoms with E-state index in [0.717, 1.165) is 37.9 Å². The molecule has 2 aliphatic rings. The highest BCUT2D eigenvalue weighted by Gasteiger charge is 2.33. The Morgan fingerprint density at radius 2 is 2.22 bits per heavy atom. The van der Waals surface area contributed by atoms with Gasteiger partial charge < -0.3 is 9.67 Å². The van der Waals surface area contributed by atoms with Gasteiger partial charge in [-0.15, -0.1) is 0 Å². The monoisotopic (exact) mass is 241 g/mol. The third-order valence-electron chi connectivity index (χ3n) is 4.47. The molecule has 4 rings (SSSR count). The zero-order valence-electron chi connectivity index (χ0n) is 10.1. The van der Waals surface area contributed by atoms with E-state index in [1.807, 2.05) is 0 Å². The molecule has 1 aromatic heterocycles. The molecule has 0 radical (unpaired) electrons. The Kier molecular flexibility index (Phi) is 1.91. The lowest BCUT2D eigenvalue weighted by atomic mass is 9.86. The van der Waals surface area contributed by atoms with Gasteiger partial charge in [-0.25, -0.2) is 0 Å². The summed E-state index contributed by atoms with van der Waals surface area (Å²) in [6, 6.07) is 6.44. The van der Waals surface area contributed by atoms with Gasteiger partial charge in [0.05, 0.1) is 11.4 Å². The molecule has 18 heavy (non-hydrogen) atoms. The average Bonchev–Trinajstić information content (AvgIpc) is 2.94. The third-order valence-corrected chi connectivity index (χ3v) is 4.47. The maximum atomic E-state index is 11.5. The van der Waals surface area contributed by atoms with Crippen molar-refractivity contribution in [1.82, 2.24) is 4.57 Å². The number of carbonyl (C=O) groups is 1. The van der Waals surface area contributed by atoms with E-state index in [1.165, 1.54) is 22.0 Å². The van der Waals surface area contributed by atoms with Crippen molar-refractivity contribution in [1.29, 1.82) is 0 Å². The van der Waals surface area contributed by atoms with Gasteiger partial charge in [-0.1, -0.05) is 18.2 Å². The summed E-state index contributed by atoms with van der Waals surface area (Å²) in [5.74, 6) is -0.962. The Balaban J connectivity index is 2.09. The fourth-order valence-corrected chi connectivity index (χ4v) is 3.76. The lowest BCUT2D eigenvalue weighted by Crippen LogP contribution is -2.20. The minimum absolute atomic E-state index is 0.299. The first-order valence-corrected chi connectivity index (χ1v) is 6.63. The minimum atomic E-state index is -0.663. The van der Waals surface area contributed by atoms with Gasteiger partial charge in [-0.2, -0.15) is 0 Å². The van der Waals surface area contributed by atoms with E-state index in [2.05, 4.69) is 22.8 Å². The predicted molar refractivity (Wildman–Crippen MR) is 69.0 cm³/mol. The fraction of sp³-hybridized carbons (Fsp3) is 0.400. The van der Waals surface area contributed by atoms with E-state index in [9.17, 15) is 9.90 Å². The molecule has 0 spiro atoms. The molecule has 2 aromatic rings. The van der Waals surface area contributed by atoms with Crippen LogP contribution in [0.1, 0.15) is 35.6 Å². The van der Waals surface area contributed by atoms with Gasteiger partial charge in [0.2, 0.25) is 0 Å². The zero-order chi connectivity index (χ0) is 12.3. The predicted octanol–water partition coefficient (Wildman–Crippen LogP) is 2.70. The highest BCUT2D eigenvalue weighted by molar-refractivity contribution is 5.92. The van der Waals surface area contributed by atoms with Crippen LogP contribution in [0.5, 0.6) is 0 Å². The molecule has 1 unspecified atom stereocenters. The second-order valence-corrected chi connectivity index (χ2v) is 5.36. The van der Waals surface area contributed by atoms with Crippen molar-refractivity contribution in [2.75, 3.05) is 0 Å². The minimum Gasteiger partial charge on any atom is -0.481 e. The summed E-state index contributed by atoms with van der Waals surface area (Å²) in [6.07, 6.45) is 3.86. The number of rotatable bonds is 1. The summed E-state index contributed by atoms with van der Waals surface area (Å²) in [4.78, 5) is 11.5. The van der Waals surface area contributed by atoms with E-state index in [4.69, 9.17) is 0 Å². The molecule has 0 saturated carbocycles. The van der Waals surface area contributed by atoms with Gasteiger partial charge in [0.15, 0.2) is 0 Å². The number of aromatic nitrogens is 1. The van der Waals surface area contributed by atoms with Gasteiger partial charge in [0.1, 0.15) is 0 Å². The van der Waals surface area contributed by atoms with Crippen molar-refractivity contribution in [3.05, 3.63) is 35.0 Å². The van der Waals surface area contributed by atoms with Crippen LogP contribution in [0.2, 0.25) is 0 Å². The van der Waals surface area contributed by atoms with Gasteiger partial charge >= 0.3 is 5.97 Å². The first-order chi connectivity index (χ1) is 8.77. The molecule has 3 nitrogen and oxygen atoms in total. The number of hydrogen-bond donors (Lipinski definition) is 1. The van der Waals surface area contributed by atoms with Crippen LogP contribution in [0.3, 0.4) is 0 Å². The Morgan fingerprint density at radius 3 is 3.06 bits per heavy atom. The highest BCUT2D eigenvalue weighted by atomic mass is 16.4. The molecule has 2 heterocycles. The van der Waals surface area contributed by atoms with Crippen LogP contribution in [0.4, 0.5) is 0 Å². The zero-order valence-corrected chi connectivity index (χ0v) is 10.1. The highest BCUT2D eigenvalue weighted by Crippen LogP contribution is 2.41. The van der Waals surface area contributed by atoms with Crippen LogP contribution in [-0.4, -0.2) is 15.6 Å². The molecule has 0 bridgehead atoms. The molecule has 0 saturated heterocycles. The lowest BCUT2D eigenvalue weighted by Gasteiger charge is -2.21. The van der Waals surface area contributed by atoms with Gasteiger partial charge in [0, 0.05) is 17.6 Å². The number of nitrogens with zero attached hydrogens (tertiary/aromatic N) is 1.